The number of aromatic nitrogens is 3. The van der Waals surface area contributed by atoms with E-state index in [1.54, 1.807) is 31.5 Å². The van der Waals surface area contributed by atoms with E-state index in [1.165, 1.54) is 7.11 Å². The molecular weight excluding hydrogens is 354 g/mol. The number of rotatable bonds is 5. The maximum absolute atomic E-state index is 12.7. The van der Waals surface area contributed by atoms with Crippen LogP contribution in [0.2, 0.25) is 0 Å². The maximum atomic E-state index is 12.7. The van der Waals surface area contributed by atoms with Crippen molar-refractivity contribution in [3.63, 3.8) is 0 Å². The smallest absolute Gasteiger partial charge is 0.338 e. The van der Waals surface area contributed by atoms with Gasteiger partial charge in [-0.05, 0) is 37.6 Å². The zero-order valence-electron chi connectivity index (χ0n) is 15.0. The molecule has 1 atom stereocenters. The molecule has 0 amide bonds. The second-order valence-electron chi connectivity index (χ2n) is 5.79. The van der Waals surface area contributed by atoms with E-state index in [1.807, 2.05) is 13.8 Å². The van der Waals surface area contributed by atoms with E-state index in [0.29, 0.717) is 33.2 Å². The highest BCUT2D eigenvalue weighted by Gasteiger charge is 2.17. The normalized spacial score (nSPS) is 12.2. The fourth-order valence-electron chi connectivity index (χ4n) is 2.70. The molecule has 2 aromatic heterocycles. The Morgan fingerprint density at radius 1 is 1.27 bits per heavy atom. The summed E-state index contributed by atoms with van der Waals surface area (Å²) in [6, 6.07) is 5.20. The number of esters is 1. The van der Waals surface area contributed by atoms with Crippen LogP contribution in [0.4, 0.5) is 0 Å². The maximum Gasteiger partial charge on any atom is 0.338 e. The van der Waals surface area contributed by atoms with Gasteiger partial charge in [-0.2, -0.15) is 0 Å². The summed E-state index contributed by atoms with van der Waals surface area (Å²) < 4.78 is 22.8. The zero-order chi connectivity index (χ0) is 18.8. The summed E-state index contributed by atoms with van der Waals surface area (Å²) in [6.45, 7) is 3.69. The molecule has 26 heavy (non-hydrogen) atoms. The van der Waals surface area contributed by atoms with Gasteiger partial charge >= 0.3 is 5.97 Å². The predicted octanol–water partition coefficient (Wildman–Crippen LogP) is 2.68. The molecule has 1 aromatic carbocycles. The van der Waals surface area contributed by atoms with Gasteiger partial charge < -0.3 is 14.5 Å². The summed E-state index contributed by atoms with van der Waals surface area (Å²) in [5, 5.41) is 0.338. The average Bonchev–Trinajstić information content (AvgIpc) is 3.05. The number of aromatic amines is 1. The number of H-pyrrole nitrogens is 1. The number of nitrogens with one attached hydrogen (secondary N) is 1. The van der Waals surface area contributed by atoms with Gasteiger partial charge in [-0.1, -0.05) is 0 Å². The molecule has 136 valence electrons. The summed E-state index contributed by atoms with van der Waals surface area (Å²) in [5.74, 6) is 0.493. The molecule has 0 aliphatic carbocycles. The molecule has 0 bridgehead atoms. The Hall–Kier alpha value is -2.74. The highest BCUT2D eigenvalue weighted by molar-refractivity contribution is 7.84. The number of ether oxygens (including phenoxy) is 2. The quantitative estimate of drug-likeness (QED) is 0.691. The van der Waals surface area contributed by atoms with Gasteiger partial charge in [0.1, 0.15) is 5.75 Å². The molecule has 0 radical (unpaired) electrons. The molecule has 2 heterocycles. The number of imidazole rings is 1. The number of aryl methyl sites for hydroxylation is 1. The Kier molecular flexibility index (Phi) is 5.03. The molecule has 1 unspecified atom stereocenters. The molecule has 3 aromatic rings. The van der Waals surface area contributed by atoms with Crippen LogP contribution in [0.15, 0.2) is 29.6 Å². The molecular formula is C18H19N3O4S. The van der Waals surface area contributed by atoms with E-state index < -0.39 is 16.8 Å². The lowest BCUT2D eigenvalue weighted by Gasteiger charge is -2.08. The van der Waals surface area contributed by atoms with Gasteiger partial charge in [0.25, 0.3) is 0 Å². The number of hydrogen-bond acceptors (Lipinski definition) is 6. The molecule has 0 saturated heterocycles. The van der Waals surface area contributed by atoms with Crippen molar-refractivity contribution < 1.29 is 18.5 Å². The topological polar surface area (TPSA) is 94.2 Å². The molecule has 0 saturated carbocycles. The van der Waals surface area contributed by atoms with Gasteiger partial charge in [0, 0.05) is 11.8 Å². The molecule has 8 heteroatoms. The highest BCUT2D eigenvalue weighted by Crippen LogP contribution is 2.23. The molecule has 7 nitrogen and oxygen atoms in total. The second kappa shape index (κ2) is 7.25. The SMILES string of the molecule is COC(=O)c1cc2nc(S(=O)Cc3nccc(OC)c3C)[nH]c2cc1C. The third-order valence-corrected chi connectivity index (χ3v) is 5.33. The van der Waals surface area contributed by atoms with Crippen molar-refractivity contribution in [3.8, 4) is 5.75 Å². The lowest BCUT2D eigenvalue weighted by atomic mass is 10.1. The summed E-state index contributed by atoms with van der Waals surface area (Å²) in [7, 11) is 1.51. The minimum Gasteiger partial charge on any atom is -0.496 e. The first-order valence-electron chi connectivity index (χ1n) is 7.90. The molecule has 0 spiro atoms. The Morgan fingerprint density at radius 3 is 2.73 bits per heavy atom. The van der Waals surface area contributed by atoms with Crippen LogP contribution in [0.3, 0.4) is 0 Å². The van der Waals surface area contributed by atoms with Crippen molar-refractivity contribution in [1.29, 1.82) is 0 Å². The van der Waals surface area contributed by atoms with Crippen LogP contribution in [0.25, 0.3) is 11.0 Å². The fraction of sp³-hybridized carbons (Fsp3) is 0.278. The van der Waals surface area contributed by atoms with Gasteiger partial charge in [0.15, 0.2) is 5.16 Å². The number of benzene rings is 1. The number of hydrogen-bond donors (Lipinski definition) is 1. The highest BCUT2D eigenvalue weighted by atomic mass is 32.2. The second-order valence-corrected chi connectivity index (χ2v) is 7.16. The first-order chi connectivity index (χ1) is 12.4. The largest absolute Gasteiger partial charge is 0.496 e. The average molecular weight is 373 g/mol. The minimum absolute atomic E-state index is 0.214. The number of methoxy groups -OCH3 is 2. The third-order valence-electron chi connectivity index (χ3n) is 4.17. The van der Waals surface area contributed by atoms with Crippen LogP contribution in [0.5, 0.6) is 5.75 Å². The molecule has 0 aliphatic heterocycles. The van der Waals surface area contributed by atoms with E-state index in [2.05, 4.69) is 15.0 Å². The number of carbonyl (C=O) groups is 1. The van der Waals surface area contributed by atoms with Crippen molar-refractivity contribution in [2.24, 2.45) is 0 Å². The summed E-state index contributed by atoms with van der Waals surface area (Å²) in [5.41, 5.74) is 4.02. The standard InChI is InChI=1S/C18H19N3O4S/c1-10-7-13-14(8-12(10)17(22)25-4)21-18(20-13)26(23)9-15-11(2)16(24-3)5-6-19-15/h5-8H,9H2,1-4H3,(H,20,21). The van der Waals surface area contributed by atoms with Gasteiger partial charge in [0.2, 0.25) is 0 Å². The predicted molar refractivity (Wildman–Crippen MR) is 97.8 cm³/mol. The van der Waals surface area contributed by atoms with Gasteiger partial charge in [-0.3, -0.25) is 9.19 Å². The van der Waals surface area contributed by atoms with Crippen molar-refractivity contribution in [1.82, 2.24) is 15.0 Å². The van der Waals surface area contributed by atoms with Crippen molar-refractivity contribution in [2.45, 2.75) is 24.8 Å². The summed E-state index contributed by atoms with van der Waals surface area (Å²) in [4.78, 5) is 23.6. The van der Waals surface area contributed by atoms with Crippen molar-refractivity contribution >= 4 is 27.8 Å². The van der Waals surface area contributed by atoms with Crippen molar-refractivity contribution in [3.05, 3.63) is 46.8 Å². The molecule has 0 fully saturated rings. The van der Waals surface area contributed by atoms with Gasteiger partial charge in [-0.15, -0.1) is 0 Å². The molecule has 3 rings (SSSR count). The zero-order valence-corrected chi connectivity index (χ0v) is 15.8. The van der Waals surface area contributed by atoms with E-state index in [-0.39, 0.29) is 5.75 Å². The number of fused-ring (bicyclic) bond motifs is 1. The van der Waals surface area contributed by atoms with E-state index in [4.69, 9.17) is 9.47 Å². The van der Waals surface area contributed by atoms with E-state index in [0.717, 1.165) is 11.1 Å². The van der Waals surface area contributed by atoms with Gasteiger partial charge in [-0.25, -0.2) is 9.78 Å². The monoisotopic (exact) mass is 373 g/mol. The van der Waals surface area contributed by atoms with E-state index >= 15 is 0 Å². The summed E-state index contributed by atoms with van der Waals surface area (Å²) >= 11 is 0. The Bertz CT molecular complexity index is 1010. The Labute approximate surface area is 153 Å². The van der Waals surface area contributed by atoms with Crippen LogP contribution in [-0.2, 0) is 21.3 Å². The number of pyridine rings is 1. The first-order valence-corrected chi connectivity index (χ1v) is 9.22. The molecule has 1 N–H and O–H groups in total. The molecule has 0 aliphatic rings. The van der Waals surface area contributed by atoms with Crippen molar-refractivity contribution in [2.75, 3.05) is 14.2 Å². The lowest BCUT2D eigenvalue weighted by Crippen LogP contribution is -2.03. The summed E-state index contributed by atoms with van der Waals surface area (Å²) in [6.07, 6.45) is 1.63. The van der Waals surface area contributed by atoms with Crippen LogP contribution in [0.1, 0.15) is 27.2 Å². The Morgan fingerprint density at radius 2 is 2.04 bits per heavy atom. The van der Waals surface area contributed by atoms with Gasteiger partial charge in [0.05, 0.1) is 53.1 Å². The van der Waals surface area contributed by atoms with Crippen LogP contribution < -0.4 is 4.74 Å². The third kappa shape index (κ3) is 3.32. The van der Waals surface area contributed by atoms with Crippen LogP contribution >= 0.6 is 0 Å². The fourth-order valence-corrected chi connectivity index (χ4v) is 3.80. The number of nitrogens with zero attached hydrogens (tertiary/aromatic N) is 2. The number of carbonyl (C=O) groups excluding carboxylic acids is 1. The Balaban J connectivity index is 1.93. The first kappa shape index (κ1) is 18.1. The minimum atomic E-state index is -1.41. The lowest BCUT2D eigenvalue weighted by molar-refractivity contribution is 0.0600. The van der Waals surface area contributed by atoms with E-state index in [9.17, 15) is 9.00 Å². The van der Waals surface area contributed by atoms with Crippen LogP contribution in [0, 0.1) is 13.8 Å². The van der Waals surface area contributed by atoms with Crippen LogP contribution in [-0.4, -0.2) is 39.3 Å².